The van der Waals surface area contributed by atoms with Crippen molar-refractivity contribution in [3.8, 4) is 0 Å². The summed E-state index contributed by atoms with van der Waals surface area (Å²) in [4.78, 5) is 26.1. The van der Waals surface area contributed by atoms with E-state index in [1.165, 1.54) is 12.8 Å². The lowest BCUT2D eigenvalue weighted by Gasteiger charge is -2.32. The number of likely N-dealkylation sites (tertiary alicyclic amines) is 1. The highest BCUT2D eigenvalue weighted by molar-refractivity contribution is 5.85. The Hall–Kier alpha value is -1.59. The predicted molar refractivity (Wildman–Crippen MR) is 105 cm³/mol. The summed E-state index contributed by atoms with van der Waals surface area (Å²) in [5.74, 6) is 1.03. The zero-order chi connectivity index (χ0) is 17.5. The summed E-state index contributed by atoms with van der Waals surface area (Å²) < 4.78 is 0. The minimum atomic E-state index is -0.0259. The molecule has 0 atom stereocenters. The van der Waals surface area contributed by atoms with E-state index in [1.807, 2.05) is 35.2 Å². The van der Waals surface area contributed by atoms with Crippen molar-refractivity contribution in [2.75, 3.05) is 26.2 Å². The third-order valence-electron chi connectivity index (χ3n) is 5.11. The number of halogens is 1. The van der Waals surface area contributed by atoms with Gasteiger partial charge in [0.25, 0.3) is 0 Å². The van der Waals surface area contributed by atoms with Crippen molar-refractivity contribution in [2.45, 2.75) is 44.6 Å². The molecule has 1 saturated carbocycles. The smallest absolute Gasteiger partial charge is 0.224 e. The monoisotopic (exact) mass is 379 g/mol. The fourth-order valence-corrected chi connectivity index (χ4v) is 3.30. The first kappa shape index (κ1) is 20.7. The first-order valence-corrected chi connectivity index (χ1v) is 9.52. The summed E-state index contributed by atoms with van der Waals surface area (Å²) >= 11 is 0. The summed E-state index contributed by atoms with van der Waals surface area (Å²) in [5, 5.41) is 6.48. The second-order valence-electron chi connectivity index (χ2n) is 7.27. The van der Waals surface area contributed by atoms with Gasteiger partial charge in [0.1, 0.15) is 0 Å². The fourth-order valence-electron chi connectivity index (χ4n) is 3.30. The number of benzene rings is 1. The van der Waals surface area contributed by atoms with E-state index in [4.69, 9.17) is 0 Å². The lowest BCUT2D eigenvalue weighted by Crippen LogP contribution is -2.46. The largest absolute Gasteiger partial charge is 0.355 e. The van der Waals surface area contributed by atoms with Crippen LogP contribution < -0.4 is 10.6 Å². The van der Waals surface area contributed by atoms with Crippen molar-refractivity contribution >= 4 is 24.2 Å². The Morgan fingerprint density at radius 2 is 1.73 bits per heavy atom. The van der Waals surface area contributed by atoms with Gasteiger partial charge in [-0.25, -0.2) is 0 Å². The van der Waals surface area contributed by atoms with Crippen LogP contribution in [0.25, 0.3) is 0 Å². The van der Waals surface area contributed by atoms with Crippen molar-refractivity contribution in [1.29, 1.82) is 0 Å². The average molecular weight is 380 g/mol. The topological polar surface area (TPSA) is 61.4 Å². The predicted octanol–water partition coefficient (Wildman–Crippen LogP) is 2.15. The molecule has 2 aliphatic rings. The maximum Gasteiger partial charge on any atom is 0.224 e. The minimum Gasteiger partial charge on any atom is -0.355 e. The average Bonchev–Trinajstić information content (AvgIpc) is 3.45. The molecule has 26 heavy (non-hydrogen) atoms. The van der Waals surface area contributed by atoms with Gasteiger partial charge in [-0.1, -0.05) is 30.3 Å². The van der Waals surface area contributed by atoms with E-state index in [2.05, 4.69) is 10.6 Å². The van der Waals surface area contributed by atoms with Crippen LogP contribution in [0, 0.1) is 5.92 Å². The second-order valence-corrected chi connectivity index (χ2v) is 7.27. The molecule has 1 saturated heterocycles. The van der Waals surface area contributed by atoms with Crippen molar-refractivity contribution in [3.63, 3.8) is 0 Å². The minimum absolute atomic E-state index is 0. The maximum atomic E-state index is 12.3. The number of carbonyl (C=O) groups excluding carboxylic acids is 2. The maximum absolute atomic E-state index is 12.3. The molecular formula is C20H30ClN3O2. The molecule has 2 N–H and O–H groups in total. The molecular weight excluding hydrogens is 350 g/mol. The van der Waals surface area contributed by atoms with Crippen molar-refractivity contribution in [3.05, 3.63) is 35.9 Å². The van der Waals surface area contributed by atoms with Crippen molar-refractivity contribution in [1.82, 2.24) is 15.5 Å². The molecule has 1 aliphatic heterocycles. The zero-order valence-electron chi connectivity index (χ0n) is 15.3. The van der Waals surface area contributed by atoms with E-state index >= 15 is 0 Å². The number of carbonyl (C=O) groups is 2. The Morgan fingerprint density at radius 3 is 2.38 bits per heavy atom. The van der Waals surface area contributed by atoms with Crippen LogP contribution in [-0.2, 0) is 16.0 Å². The zero-order valence-corrected chi connectivity index (χ0v) is 16.1. The van der Waals surface area contributed by atoms with Gasteiger partial charge in [0.2, 0.25) is 11.8 Å². The van der Waals surface area contributed by atoms with Crippen LogP contribution in [0.3, 0.4) is 0 Å². The summed E-state index contributed by atoms with van der Waals surface area (Å²) in [6, 6.07) is 10.2. The lowest BCUT2D eigenvalue weighted by molar-refractivity contribution is -0.132. The highest BCUT2D eigenvalue weighted by Gasteiger charge is 2.25. The van der Waals surface area contributed by atoms with Crippen LogP contribution in [0.15, 0.2) is 30.3 Å². The summed E-state index contributed by atoms with van der Waals surface area (Å²) in [7, 11) is 0. The standard InChI is InChI=1S/C20H29N3O2.ClH/c24-19(14-16-4-2-1-3-5-16)21-11-8-20(25)23-12-9-18(10-13-23)22-15-17-6-7-17;/h1-5,17-18,22H,6-15H2,(H,21,24);1H. The molecule has 0 spiro atoms. The molecule has 1 aromatic carbocycles. The molecule has 0 aromatic heterocycles. The van der Waals surface area contributed by atoms with Gasteiger partial charge in [-0.15, -0.1) is 12.4 Å². The summed E-state index contributed by atoms with van der Waals surface area (Å²) in [6.07, 6.45) is 5.59. The van der Waals surface area contributed by atoms with Gasteiger partial charge >= 0.3 is 0 Å². The van der Waals surface area contributed by atoms with Gasteiger partial charge in [-0.2, -0.15) is 0 Å². The normalized spacial score (nSPS) is 17.5. The second kappa shape index (κ2) is 10.5. The van der Waals surface area contributed by atoms with Gasteiger partial charge in [0.05, 0.1) is 6.42 Å². The quantitative estimate of drug-likeness (QED) is 0.727. The number of hydrogen-bond acceptors (Lipinski definition) is 3. The van der Waals surface area contributed by atoms with Gasteiger partial charge in [0.15, 0.2) is 0 Å². The highest BCUT2D eigenvalue weighted by Crippen LogP contribution is 2.28. The Morgan fingerprint density at radius 1 is 1.04 bits per heavy atom. The van der Waals surface area contributed by atoms with Crippen LogP contribution in [0.5, 0.6) is 0 Å². The first-order chi connectivity index (χ1) is 12.2. The number of nitrogens with one attached hydrogen (secondary N) is 2. The molecule has 6 heteroatoms. The number of hydrogen-bond donors (Lipinski definition) is 2. The van der Waals surface area contributed by atoms with Gasteiger partial charge < -0.3 is 15.5 Å². The van der Waals surface area contributed by atoms with Crippen LogP contribution in [0.1, 0.15) is 37.7 Å². The van der Waals surface area contributed by atoms with E-state index < -0.39 is 0 Å². The number of nitrogens with zero attached hydrogens (tertiary/aromatic N) is 1. The van der Waals surface area contributed by atoms with Crippen LogP contribution in [-0.4, -0.2) is 48.9 Å². The molecule has 144 valence electrons. The van der Waals surface area contributed by atoms with Crippen molar-refractivity contribution in [2.24, 2.45) is 5.92 Å². The van der Waals surface area contributed by atoms with Crippen LogP contribution in [0.2, 0.25) is 0 Å². The molecule has 2 amide bonds. The molecule has 3 rings (SSSR count). The molecule has 1 aromatic rings. The molecule has 1 heterocycles. The number of amides is 2. The third-order valence-corrected chi connectivity index (χ3v) is 5.11. The SMILES string of the molecule is Cl.O=C(Cc1ccccc1)NCCC(=O)N1CCC(NCC2CC2)CC1. The number of rotatable bonds is 8. The fraction of sp³-hybridized carbons (Fsp3) is 0.600. The van der Waals surface area contributed by atoms with Crippen molar-refractivity contribution < 1.29 is 9.59 Å². The Balaban J connectivity index is 0.00000243. The van der Waals surface area contributed by atoms with E-state index in [9.17, 15) is 9.59 Å². The number of piperidine rings is 1. The highest BCUT2D eigenvalue weighted by atomic mass is 35.5. The summed E-state index contributed by atoms with van der Waals surface area (Å²) in [6.45, 7) is 3.23. The third kappa shape index (κ3) is 6.96. The van der Waals surface area contributed by atoms with E-state index in [0.29, 0.717) is 25.4 Å². The van der Waals surface area contributed by atoms with Crippen LogP contribution >= 0.6 is 12.4 Å². The van der Waals surface area contributed by atoms with Gasteiger partial charge in [0, 0.05) is 32.1 Å². The molecule has 0 unspecified atom stereocenters. The molecule has 5 nitrogen and oxygen atoms in total. The van der Waals surface area contributed by atoms with Gasteiger partial charge in [-0.3, -0.25) is 9.59 Å². The van der Waals surface area contributed by atoms with Gasteiger partial charge in [-0.05, 0) is 43.7 Å². The van der Waals surface area contributed by atoms with E-state index in [1.54, 1.807) is 0 Å². The Kier molecular flexibility index (Phi) is 8.39. The molecule has 0 radical (unpaired) electrons. The van der Waals surface area contributed by atoms with Crippen LogP contribution in [0.4, 0.5) is 0 Å². The molecule has 2 fully saturated rings. The Labute approximate surface area is 162 Å². The lowest BCUT2D eigenvalue weighted by atomic mass is 10.0. The van der Waals surface area contributed by atoms with E-state index in [0.717, 1.165) is 44.0 Å². The molecule has 1 aliphatic carbocycles. The summed E-state index contributed by atoms with van der Waals surface area (Å²) in [5.41, 5.74) is 0.993. The van der Waals surface area contributed by atoms with E-state index in [-0.39, 0.29) is 24.2 Å². The Bertz CT molecular complexity index is 570. The first-order valence-electron chi connectivity index (χ1n) is 9.52. The molecule has 0 bridgehead atoms.